The molecule has 1 aromatic rings. The van der Waals surface area contributed by atoms with Crippen LogP contribution in [0.3, 0.4) is 0 Å². The molecule has 5 heteroatoms. The summed E-state index contributed by atoms with van der Waals surface area (Å²) >= 11 is -3.27. The Kier molecular flexibility index (Phi) is 9.07. The van der Waals surface area contributed by atoms with Crippen molar-refractivity contribution in [3.8, 4) is 11.5 Å². The second-order valence-corrected chi connectivity index (χ2v) is 22.7. The average Bonchev–Trinajstić information content (AvgIpc) is 2.88. The van der Waals surface area contributed by atoms with Gasteiger partial charge in [0.15, 0.2) is 0 Å². The fourth-order valence-electron chi connectivity index (χ4n) is 6.95. The van der Waals surface area contributed by atoms with Crippen LogP contribution in [0.15, 0.2) is 24.3 Å². The predicted molar refractivity (Wildman–Crippen MR) is 131 cm³/mol. The molecule has 0 aromatic heterocycles. The van der Waals surface area contributed by atoms with E-state index in [1.54, 1.807) is 7.11 Å². The van der Waals surface area contributed by atoms with Crippen molar-refractivity contribution in [1.29, 1.82) is 0 Å². The van der Waals surface area contributed by atoms with Crippen molar-refractivity contribution in [2.24, 2.45) is 0 Å². The molecule has 3 fully saturated rings. The van der Waals surface area contributed by atoms with Gasteiger partial charge in [-0.3, -0.25) is 0 Å². The molecule has 0 saturated heterocycles. The average molecular weight is 549 g/mol. The van der Waals surface area contributed by atoms with E-state index in [0.717, 1.165) is 17.6 Å². The summed E-state index contributed by atoms with van der Waals surface area (Å²) in [6.07, 6.45) is 20.0. The van der Waals surface area contributed by atoms with Gasteiger partial charge in [-0.25, -0.2) is 0 Å². The van der Waals surface area contributed by atoms with Gasteiger partial charge in [0, 0.05) is 0 Å². The first-order valence-corrected chi connectivity index (χ1v) is 19.3. The molecular formula is C27H42O4Sn. The van der Waals surface area contributed by atoms with Crippen LogP contribution in [0, 0.1) is 0 Å². The second-order valence-electron chi connectivity index (χ2n) is 10.3. The Morgan fingerprint density at radius 1 is 0.719 bits per heavy atom. The fourth-order valence-corrected chi connectivity index (χ4v) is 26.6. The third-order valence-electron chi connectivity index (χ3n) is 8.44. The van der Waals surface area contributed by atoms with Crippen molar-refractivity contribution in [2.75, 3.05) is 13.7 Å². The van der Waals surface area contributed by atoms with Crippen LogP contribution in [0.25, 0.3) is 0 Å². The zero-order valence-corrected chi connectivity index (χ0v) is 22.8. The maximum absolute atomic E-state index is 13.4. The van der Waals surface area contributed by atoms with Gasteiger partial charge in [0.05, 0.1) is 0 Å². The molecule has 0 unspecified atom stereocenters. The molecule has 3 saturated carbocycles. The maximum atomic E-state index is 13.4. The summed E-state index contributed by atoms with van der Waals surface area (Å²) in [6, 6.07) is 7.48. The Balaban J connectivity index is 1.54. The van der Waals surface area contributed by atoms with Gasteiger partial charge in [0.2, 0.25) is 0 Å². The molecule has 0 aliphatic heterocycles. The van der Waals surface area contributed by atoms with E-state index in [2.05, 4.69) is 0 Å². The summed E-state index contributed by atoms with van der Waals surface area (Å²) in [5, 5.41) is 0. The first-order chi connectivity index (χ1) is 15.7. The van der Waals surface area contributed by atoms with E-state index >= 15 is 0 Å². The summed E-state index contributed by atoms with van der Waals surface area (Å²) in [5.74, 6) is 1.41. The van der Waals surface area contributed by atoms with Crippen molar-refractivity contribution < 1.29 is 17.3 Å². The van der Waals surface area contributed by atoms with E-state index in [1.807, 2.05) is 24.3 Å². The Bertz CT molecular complexity index is 655. The molecule has 178 valence electrons. The third-order valence-corrected chi connectivity index (χ3v) is 26.0. The number of carbonyl (C=O) groups excluding carboxylic acids is 1. The molecule has 32 heavy (non-hydrogen) atoms. The number of hydrogen-bond donors (Lipinski definition) is 0. The van der Waals surface area contributed by atoms with Crippen LogP contribution in [0.4, 0.5) is 0 Å². The van der Waals surface area contributed by atoms with Crippen LogP contribution in [0.5, 0.6) is 11.5 Å². The molecule has 4 nitrogen and oxygen atoms in total. The summed E-state index contributed by atoms with van der Waals surface area (Å²) in [5.41, 5.74) is 0. The van der Waals surface area contributed by atoms with E-state index in [-0.39, 0.29) is 12.6 Å². The number of carbonyl (C=O) groups is 1. The van der Waals surface area contributed by atoms with Crippen molar-refractivity contribution in [2.45, 2.75) is 108 Å². The normalized spacial score (nSPS) is 21.8. The standard InChI is InChI=1S/C9H10O4.3C6H11.Sn/c1-12-7-2-4-8(5-3-7)13-6-9(10)11;3*1-2-4-6-5-3-1;/h2-5H,6H2,1H3,(H,10,11);3*1H,2-6H2;/q;;;;+1/p-1. The molecule has 0 N–H and O–H groups in total. The van der Waals surface area contributed by atoms with E-state index in [1.165, 1.54) is 96.3 Å². The zero-order chi connectivity index (χ0) is 22.2. The minimum atomic E-state index is -3.27. The van der Waals surface area contributed by atoms with Crippen molar-refractivity contribution in [3.63, 3.8) is 0 Å². The molecule has 1 aromatic carbocycles. The summed E-state index contributed by atoms with van der Waals surface area (Å²) in [7, 11) is 1.65. The zero-order valence-electron chi connectivity index (χ0n) is 20.0. The molecule has 0 heterocycles. The number of methoxy groups -OCH3 is 1. The van der Waals surface area contributed by atoms with E-state index in [4.69, 9.17) is 12.5 Å². The Morgan fingerprint density at radius 3 is 1.53 bits per heavy atom. The Morgan fingerprint density at radius 2 is 1.12 bits per heavy atom. The van der Waals surface area contributed by atoms with E-state index < -0.39 is 18.8 Å². The van der Waals surface area contributed by atoms with Gasteiger partial charge in [0.1, 0.15) is 0 Å². The quantitative estimate of drug-likeness (QED) is 0.314. The monoisotopic (exact) mass is 550 g/mol. The van der Waals surface area contributed by atoms with Gasteiger partial charge in [-0.2, -0.15) is 0 Å². The molecule has 3 aliphatic rings. The second kappa shape index (κ2) is 12.0. The van der Waals surface area contributed by atoms with Crippen molar-refractivity contribution >= 4 is 24.8 Å². The number of hydrogen-bond acceptors (Lipinski definition) is 4. The van der Waals surface area contributed by atoms with Crippen LogP contribution >= 0.6 is 0 Å². The van der Waals surface area contributed by atoms with Gasteiger partial charge in [0.25, 0.3) is 0 Å². The summed E-state index contributed by atoms with van der Waals surface area (Å²) in [4.78, 5) is 13.4. The third kappa shape index (κ3) is 5.77. The summed E-state index contributed by atoms with van der Waals surface area (Å²) in [6.45, 7) is 0.0388. The van der Waals surface area contributed by atoms with Crippen LogP contribution in [-0.2, 0) is 7.87 Å². The molecule has 0 atom stereocenters. The number of ether oxygens (including phenoxy) is 2. The summed E-state index contributed by atoms with van der Waals surface area (Å²) < 4.78 is 20.2. The number of rotatable bonds is 8. The molecule has 3 aliphatic carbocycles. The van der Waals surface area contributed by atoms with Gasteiger partial charge in [-0.05, 0) is 0 Å². The molecule has 0 spiro atoms. The first-order valence-electron chi connectivity index (χ1n) is 13.2. The van der Waals surface area contributed by atoms with Gasteiger partial charge >= 0.3 is 200 Å². The molecule has 0 bridgehead atoms. The molecule has 4 rings (SSSR count). The van der Waals surface area contributed by atoms with Gasteiger partial charge in [-0.1, -0.05) is 0 Å². The van der Waals surface area contributed by atoms with Crippen LogP contribution in [0.1, 0.15) is 96.3 Å². The van der Waals surface area contributed by atoms with Crippen LogP contribution in [0.2, 0.25) is 11.8 Å². The van der Waals surface area contributed by atoms with Gasteiger partial charge < -0.3 is 0 Å². The Hall–Kier alpha value is -0.911. The van der Waals surface area contributed by atoms with Crippen molar-refractivity contribution in [3.05, 3.63) is 24.3 Å². The van der Waals surface area contributed by atoms with E-state index in [0.29, 0.717) is 5.75 Å². The van der Waals surface area contributed by atoms with E-state index in [9.17, 15) is 4.79 Å². The first kappa shape index (κ1) is 24.2. The molecule has 0 amide bonds. The number of benzene rings is 1. The molecule has 0 radical (unpaired) electrons. The predicted octanol–water partition coefficient (Wildman–Crippen LogP) is 7.57. The molecular weight excluding hydrogens is 507 g/mol. The Labute approximate surface area is 199 Å². The van der Waals surface area contributed by atoms with Crippen LogP contribution in [-0.4, -0.2) is 38.5 Å². The minimum absolute atomic E-state index is 0.0388. The topological polar surface area (TPSA) is 44.8 Å². The van der Waals surface area contributed by atoms with Crippen molar-refractivity contribution in [1.82, 2.24) is 0 Å². The van der Waals surface area contributed by atoms with Gasteiger partial charge in [-0.15, -0.1) is 0 Å². The van der Waals surface area contributed by atoms with Crippen LogP contribution < -0.4 is 9.47 Å². The SMILES string of the molecule is COc1ccc(OCC(=O)[O][Sn]([CH]2CCCCC2)([CH]2CCCCC2)[CH]2CCCCC2)cc1. The fraction of sp³-hybridized carbons (Fsp3) is 0.741.